The van der Waals surface area contributed by atoms with Crippen molar-refractivity contribution in [2.75, 3.05) is 25.1 Å². The molecule has 0 saturated carbocycles. The van der Waals surface area contributed by atoms with Crippen molar-refractivity contribution < 1.29 is 9.53 Å². The lowest BCUT2D eigenvalue weighted by atomic mass is 9.95. The zero-order valence-corrected chi connectivity index (χ0v) is 17.4. The molecule has 0 atom stereocenters. The molecule has 7 heteroatoms. The fraction of sp³-hybridized carbons (Fsp3) is 0.476. The third-order valence-corrected chi connectivity index (χ3v) is 5.50. The Morgan fingerprint density at radius 3 is 2.54 bits per heavy atom. The Morgan fingerprint density at radius 2 is 1.93 bits per heavy atom. The van der Waals surface area contributed by atoms with Crippen molar-refractivity contribution >= 4 is 23.3 Å². The summed E-state index contributed by atoms with van der Waals surface area (Å²) in [6.07, 6.45) is 2.40. The molecule has 28 heavy (non-hydrogen) atoms. The lowest BCUT2D eigenvalue weighted by Crippen LogP contribution is -2.41. The van der Waals surface area contributed by atoms with Crippen LogP contribution < -0.4 is 15.0 Å². The Kier molecular flexibility index (Phi) is 6.73. The molecule has 0 bridgehead atoms. The number of nitrogens with one attached hydrogen (secondary N) is 1. The van der Waals surface area contributed by atoms with Gasteiger partial charge in [-0.3, -0.25) is 4.79 Å². The van der Waals surface area contributed by atoms with E-state index in [4.69, 9.17) is 16.3 Å². The first-order chi connectivity index (χ1) is 13.5. The standard InChI is InChI=1S/C21H27ClN4O2/c1-4-18-19(22)24-14(2)25-20(18)26-11-9-16(10-12-26)21(27)23-13-15-5-7-17(28-3)8-6-15/h5-8,16H,4,9-13H2,1-3H3,(H,23,27). The lowest BCUT2D eigenvalue weighted by molar-refractivity contribution is -0.125. The second-order valence-electron chi connectivity index (χ2n) is 7.04. The summed E-state index contributed by atoms with van der Waals surface area (Å²) in [6, 6.07) is 7.74. The number of piperidine rings is 1. The smallest absolute Gasteiger partial charge is 0.223 e. The summed E-state index contributed by atoms with van der Waals surface area (Å²) in [4.78, 5) is 23.7. The molecule has 0 unspecified atom stereocenters. The molecular weight excluding hydrogens is 376 g/mol. The second-order valence-corrected chi connectivity index (χ2v) is 7.40. The third kappa shape index (κ3) is 4.73. The highest BCUT2D eigenvalue weighted by Crippen LogP contribution is 2.29. The van der Waals surface area contributed by atoms with Gasteiger partial charge in [-0.25, -0.2) is 9.97 Å². The first-order valence-corrected chi connectivity index (χ1v) is 10.1. The van der Waals surface area contributed by atoms with Crippen LogP contribution in [0, 0.1) is 12.8 Å². The highest BCUT2D eigenvalue weighted by Gasteiger charge is 2.27. The molecule has 1 fully saturated rings. The highest BCUT2D eigenvalue weighted by atomic mass is 35.5. The van der Waals surface area contributed by atoms with Crippen LogP contribution in [0.25, 0.3) is 0 Å². The molecule has 1 saturated heterocycles. The number of rotatable bonds is 6. The maximum Gasteiger partial charge on any atom is 0.223 e. The summed E-state index contributed by atoms with van der Waals surface area (Å²) in [7, 11) is 1.64. The number of carbonyl (C=O) groups excluding carboxylic acids is 1. The zero-order chi connectivity index (χ0) is 20.1. The first-order valence-electron chi connectivity index (χ1n) is 9.70. The molecule has 1 aliphatic rings. The molecule has 1 amide bonds. The molecule has 0 radical (unpaired) electrons. The number of carbonyl (C=O) groups is 1. The number of nitrogens with zero attached hydrogens (tertiary/aromatic N) is 3. The number of amides is 1. The Bertz CT molecular complexity index is 818. The number of halogens is 1. The summed E-state index contributed by atoms with van der Waals surface area (Å²) in [5, 5.41) is 3.59. The van der Waals surface area contributed by atoms with Crippen LogP contribution >= 0.6 is 11.6 Å². The fourth-order valence-corrected chi connectivity index (χ4v) is 3.88. The molecule has 1 aromatic heterocycles. The molecule has 1 aliphatic heterocycles. The van der Waals surface area contributed by atoms with E-state index in [1.165, 1.54) is 0 Å². The van der Waals surface area contributed by atoms with Gasteiger partial charge in [-0.05, 0) is 43.9 Å². The van der Waals surface area contributed by atoms with Crippen LogP contribution in [0.15, 0.2) is 24.3 Å². The SMILES string of the molecule is CCc1c(Cl)nc(C)nc1N1CCC(C(=O)NCc2ccc(OC)cc2)CC1. The van der Waals surface area contributed by atoms with Crippen molar-refractivity contribution in [2.45, 2.75) is 39.7 Å². The number of aromatic nitrogens is 2. The van der Waals surface area contributed by atoms with Crippen molar-refractivity contribution in [3.8, 4) is 5.75 Å². The van der Waals surface area contributed by atoms with Crippen molar-refractivity contribution in [2.24, 2.45) is 5.92 Å². The summed E-state index contributed by atoms with van der Waals surface area (Å²) in [6.45, 7) is 6.03. The molecule has 2 aromatic rings. The molecule has 150 valence electrons. The van der Waals surface area contributed by atoms with Gasteiger partial charge < -0.3 is 15.0 Å². The Balaban J connectivity index is 1.55. The van der Waals surface area contributed by atoms with Gasteiger partial charge in [0.05, 0.1) is 7.11 Å². The van der Waals surface area contributed by atoms with E-state index in [0.29, 0.717) is 17.5 Å². The average Bonchev–Trinajstić information content (AvgIpc) is 2.72. The monoisotopic (exact) mass is 402 g/mol. The largest absolute Gasteiger partial charge is 0.497 e. The van der Waals surface area contributed by atoms with Crippen LogP contribution in [0.5, 0.6) is 5.75 Å². The molecule has 6 nitrogen and oxygen atoms in total. The lowest BCUT2D eigenvalue weighted by Gasteiger charge is -2.33. The molecule has 1 N–H and O–H groups in total. The van der Waals surface area contributed by atoms with E-state index in [1.807, 2.05) is 31.2 Å². The fourth-order valence-electron chi connectivity index (χ4n) is 3.54. The van der Waals surface area contributed by atoms with Crippen LogP contribution in [-0.4, -0.2) is 36.1 Å². The Morgan fingerprint density at radius 1 is 1.25 bits per heavy atom. The second kappa shape index (κ2) is 9.24. The van der Waals surface area contributed by atoms with Crippen molar-refractivity contribution in [1.29, 1.82) is 0 Å². The average molecular weight is 403 g/mol. The minimum Gasteiger partial charge on any atom is -0.497 e. The van der Waals surface area contributed by atoms with Crippen LogP contribution in [-0.2, 0) is 17.8 Å². The van der Waals surface area contributed by atoms with E-state index >= 15 is 0 Å². The van der Waals surface area contributed by atoms with Gasteiger partial charge in [-0.15, -0.1) is 0 Å². The minimum atomic E-state index is 0.0259. The maximum absolute atomic E-state index is 12.6. The molecule has 1 aromatic carbocycles. The summed E-state index contributed by atoms with van der Waals surface area (Å²) >= 11 is 6.30. The third-order valence-electron chi connectivity index (χ3n) is 5.19. The predicted octanol–water partition coefficient (Wildman–Crippen LogP) is 3.54. The van der Waals surface area contributed by atoms with Gasteiger partial charge >= 0.3 is 0 Å². The van der Waals surface area contributed by atoms with Crippen LogP contribution in [0.3, 0.4) is 0 Å². The van der Waals surface area contributed by atoms with Gasteiger partial charge in [-0.1, -0.05) is 30.7 Å². The molecule has 3 rings (SSSR count). The van der Waals surface area contributed by atoms with Crippen LogP contribution in [0.4, 0.5) is 5.82 Å². The van der Waals surface area contributed by atoms with E-state index in [9.17, 15) is 4.79 Å². The highest BCUT2D eigenvalue weighted by molar-refractivity contribution is 6.30. The number of ether oxygens (including phenoxy) is 1. The van der Waals surface area contributed by atoms with Gasteiger partial charge in [-0.2, -0.15) is 0 Å². The van der Waals surface area contributed by atoms with E-state index in [2.05, 4.69) is 27.1 Å². The van der Waals surface area contributed by atoms with Gasteiger partial charge in [0.25, 0.3) is 0 Å². The number of hydrogen-bond acceptors (Lipinski definition) is 5. The number of aryl methyl sites for hydroxylation is 1. The first kappa shape index (κ1) is 20.4. The van der Waals surface area contributed by atoms with Crippen molar-refractivity contribution in [3.63, 3.8) is 0 Å². The molecule has 2 heterocycles. The van der Waals surface area contributed by atoms with E-state index in [-0.39, 0.29) is 11.8 Å². The Hall–Kier alpha value is -2.34. The minimum absolute atomic E-state index is 0.0259. The zero-order valence-electron chi connectivity index (χ0n) is 16.7. The molecule has 0 aliphatic carbocycles. The van der Waals surface area contributed by atoms with E-state index in [0.717, 1.165) is 55.0 Å². The topological polar surface area (TPSA) is 67.4 Å². The Labute approximate surface area is 171 Å². The number of methoxy groups -OCH3 is 1. The van der Waals surface area contributed by atoms with E-state index < -0.39 is 0 Å². The normalized spacial score (nSPS) is 14.8. The predicted molar refractivity (Wildman–Crippen MR) is 111 cm³/mol. The summed E-state index contributed by atoms with van der Waals surface area (Å²) in [5.41, 5.74) is 2.04. The number of benzene rings is 1. The van der Waals surface area contributed by atoms with Gasteiger partial charge in [0.2, 0.25) is 5.91 Å². The quantitative estimate of drug-likeness (QED) is 0.748. The van der Waals surface area contributed by atoms with E-state index in [1.54, 1.807) is 7.11 Å². The summed E-state index contributed by atoms with van der Waals surface area (Å²) < 4.78 is 5.16. The summed E-state index contributed by atoms with van der Waals surface area (Å²) in [5.74, 6) is 2.55. The van der Waals surface area contributed by atoms with Gasteiger partial charge in [0, 0.05) is 31.1 Å². The van der Waals surface area contributed by atoms with Gasteiger partial charge in [0.15, 0.2) is 0 Å². The maximum atomic E-state index is 12.6. The molecular formula is C21H27ClN4O2. The van der Waals surface area contributed by atoms with Crippen LogP contribution in [0.1, 0.15) is 36.7 Å². The van der Waals surface area contributed by atoms with Crippen molar-refractivity contribution in [3.05, 3.63) is 46.4 Å². The molecule has 0 spiro atoms. The van der Waals surface area contributed by atoms with Crippen molar-refractivity contribution in [1.82, 2.24) is 15.3 Å². The number of hydrogen-bond donors (Lipinski definition) is 1. The van der Waals surface area contributed by atoms with Crippen LogP contribution in [0.2, 0.25) is 5.15 Å². The number of anilines is 1. The van der Waals surface area contributed by atoms with Gasteiger partial charge in [0.1, 0.15) is 22.5 Å².